The first-order valence-corrected chi connectivity index (χ1v) is 10.2. The minimum atomic E-state index is -0.921. The van der Waals surface area contributed by atoms with E-state index >= 15 is 0 Å². The van der Waals surface area contributed by atoms with Gasteiger partial charge in [0, 0.05) is 29.4 Å². The van der Waals surface area contributed by atoms with Gasteiger partial charge in [-0.25, -0.2) is 19.7 Å². The summed E-state index contributed by atoms with van der Waals surface area (Å²) in [4.78, 5) is 25.3. The molecule has 3 aromatic rings. The number of carbonyl (C=O) groups is 1. The van der Waals surface area contributed by atoms with Gasteiger partial charge >= 0.3 is 5.97 Å². The van der Waals surface area contributed by atoms with Gasteiger partial charge in [0.05, 0.1) is 15.8 Å². The lowest BCUT2D eigenvalue weighted by molar-refractivity contribution is 0.0697. The maximum atomic E-state index is 11.1. The van der Waals surface area contributed by atoms with Crippen molar-refractivity contribution >= 4 is 50.4 Å². The Bertz CT molecular complexity index is 938. The highest BCUT2D eigenvalue weighted by molar-refractivity contribution is 7.98. The third-order valence-corrected chi connectivity index (χ3v) is 5.93. The van der Waals surface area contributed by atoms with Crippen LogP contribution in [0.1, 0.15) is 23.2 Å². The van der Waals surface area contributed by atoms with Crippen LogP contribution in [0.2, 0.25) is 0 Å². The van der Waals surface area contributed by atoms with Gasteiger partial charge in [0.2, 0.25) is 5.95 Å². The summed E-state index contributed by atoms with van der Waals surface area (Å²) in [6, 6.07) is 5.69. The summed E-state index contributed by atoms with van der Waals surface area (Å²) in [5.74, 6) is -0.261. The molecule has 26 heavy (non-hydrogen) atoms. The van der Waals surface area contributed by atoms with Crippen LogP contribution in [0.25, 0.3) is 10.2 Å². The molecule has 1 aliphatic rings. The molecule has 3 N–H and O–H groups in total. The lowest BCUT2D eigenvalue weighted by Crippen LogP contribution is -2.43. The highest BCUT2D eigenvalue weighted by Gasteiger charge is 2.30. The number of carboxylic acids is 1. The molecule has 0 saturated heterocycles. The van der Waals surface area contributed by atoms with Crippen LogP contribution in [0.15, 0.2) is 35.5 Å². The third kappa shape index (κ3) is 3.58. The maximum Gasteiger partial charge on any atom is 0.335 e. The van der Waals surface area contributed by atoms with E-state index in [-0.39, 0.29) is 5.56 Å². The van der Waals surface area contributed by atoms with Gasteiger partial charge < -0.3 is 15.7 Å². The van der Waals surface area contributed by atoms with E-state index in [1.165, 1.54) is 11.3 Å². The second-order valence-corrected chi connectivity index (χ2v) is 8.02. The SMILES string of the molecule is CSc1cnc(N[C@H]2C[C@H](Nc3nc4ccc(C(=O)O)cc4s3)C2)nc1. The standard InChI is InChI=1S/C17H17N5O2S2/c1-25-12-7-18-16(19-8-12)20-10-5-11(6-10)21-17-22-13-3-2-9(15(23)24)4-14(13)26-17/h2-4,7-8,10-11H,5-6H2,1H3,(H,21,22)(H,23,24)(H,18,19,20)/t10-,11-. The van der Waals surface area contributed by atoms with Crippen LogP contribution < -0.4 is 10.6 Å². The predicted octanol–water partition coefficient (Wildman–Crippen LogP) is 3.56. The Hall–Kier alpha value is -2.39. The minimum absolute atomic E-state index is 0.285. The summed E-state index contributed by atoms with van der Waals surface area (Å²) in [5, 5.41) is 16.7. The number of anilines is 2. The first kappa shape index (κ1) is 17.0. The molecule has 0 spiro atoms. The summed E-state index contributed by atoms with van der Waals surface area (Å²) >= 11 is 3.10. The topological polar surface area (TPSA) is 100 Å². The van der Waals surface area contributed by atoms with E-state index in [0.29, 0.717) is 18.0 Å². The molecule has 9 heteroatoms. The van der Waals surface area contributed by atoms with Crippen molar-refractivity contribution in [1.82, 2.24) is 15.0 Å². The van der Waals surface area contributed by atoms with Crippen molar-refractivity contribution in [2.24, 2.45) is 0 Å². The maximum absolute atomic E-state index is 11.1. The number of benzene rings is 1. The number of thioether (sulfide) groups is 1. The molecular formula is C17H17N5O2S2. The zero-order valence-electron chi connectivity index (χ0n) is 14.0. The molecule has 7 nitrogen and oxygen atoms in total. The first-order valence-electron chi connectivity index (χ1n) is 8.13. The van der Waals surface area contributed by atoms with E-state index in [9.17, 15) is 4.79 Å². The van der Waals surface area contributed by atoms with Crippen molar-refractivity contribution in [2.45, 2.75) is 29.8 Å². The molecule has 2 aromatic heterocycles. The van der Waals surface area contributed by atoms with E-state index in [0.717, 1.165) is 33.1 Å². The van der Waals surface area contributed by atoms with Crippen LogP contribution in [0.4, 0.5) is 11.1 Å². The van der Waals surface area contributed by atoms with Gasteiger partial charge in [-0.3, -0.25) is 0 Å². The van der Waals surface area contributed by atoms with Gasteiger partial charge in [0.25, 0.3) is 0 Å². The van der Waals surface area contributed by atoms with Crippen molar-refractivity contribution in [3.8, 4) is 0 Å². The average molecular weight is 387 g/mol. The number of thiazole rings is 1. The molecule has 0 amide bonds. The Morgan fingerprint density at radius 1 is 1.23 bits per heavy atom. The van der Waals surface area contributed by atoms with Gasteiger partial charge in [-0.15, -0.1) is 11.8 Å². The van der Waals surface area contributed by atoms with Gasteiger partial charge in [0.1, 0.15) is 0 Å². The number of aromatic carboxylic acids is 1. The van der Waals surface area contributed by atoms with Gasteiger partial charge in [0.15, 0.2) is 5.13 Å². The lowest BCUT2D eigenvalue weighted by atomic mass is 9.87. The summed E-state index contributed by atoms with van der Waals surface area (Å²) in [7, 11) is 0. The largest absolute Gasteiger partial charge is 0.478 e. The van der Waals surface area contributed by atoms with Gasteiger partial charge in [-0.2, -0.15) is 0 Å². The fourth-order valence-electron chi connectivity index (χ4n) is 2.83. The molecule has 0 bridgehead atoms. The quantitative estimate of drug-likeness (QED) is 0.552. The third-order valence-electron chi connectivity index (χ3n) is 4.30. The molecule has 2 heterocycles. The smallest absolute Gasteiger partial charge is 0.335 e. The van der Waals surface area contributed by atoms with Crippen molar-refractivity contribution in [3.05, 3.63) is 36.2 Å². The van der Waals surface area contributed by atoms with Crippen molar-refractivity contribution in [3.63, 3.8) is 0 Å². The molecule has 0 aliphatic heterocycles. The van der Waals surface area contributed by atoms with Gasteiger partial charge in [-0.1, -0.05) is 11.3 Å². The summed E-state index contributed by atoms with van der Waals surface area (Å²) in [5.41, 5.74) is 1.10. The zero-order valence-corrected chi connectivity index (χ0v) is 15.6. The molecule has 1 aromatic carbocycles. The number of nitrogens with zero attached hydrogens (tertiary/aromatic N) is 3. The molecule has 0 atom stereocenters. The zero-order chi connectivity index (χ0) is 18.1. The van der Waals surface area contributed by atoms with Crippen LogP contribution >= 0.6 is 23.1 Å². The number of nitrogens with one attached hydrogen (secondary N) is 2. The fourth-order valence-corrected chi connectivity index (χ4v) is 4.12. The van der Waals surface area contributed by atoms with Crippen LogP contribution in [0.5, 0.6) is 0 Å². The first-order chi connectivity index (χ1) is 12.6. The number of hydrogen-bond acceptors (Lipinski definition) is 8. The molecule has 4 rings (SSSR count). The molecular weight excluding hydrogens is 370 g/mol. The van der Waals surface area contributed by atoms with Crippen LogP contribution in [-0.2, 0) is 0 Å². The second kappa shape index (κ2) is 7.08. The Balaban J connectivity index is 1.33. The average Bonchev–Trinajstić information content (AvgIpc) is 3.02. The molecule has 1 saturated carbocycles. The number of aromatic nitrogens is 3. The number of carboxylic acid groups (broad SMARTS) is 1. The fraction of sp³-hybridized carbons (Fsp3) is 0.294. The molecule has 134 valence electrons. The van der Waals surface area contributed by atoms with E-state index in [1.54, 1.807) is 30.0 Å². The summed E-state index contributed by atoms with van der Waals surface area (Å²) in [6.45, 7) is 0. The van der Waals surface area contributed by atoms with E-state index in [2.05, 4.69) is 25.6 Å². The Morgan fingerprint density at radius 3 is 2.65 bits per heavy atom. The van der Waals surface area contributed by atoms with Gasteiger partial charge in [-0.05, 0) is 37.3 Å². The van der Waals surface area contributed by atoms with Crippen molar-refractivity contribution in [2.75, 3.05) is 16.9 Å². The molecule has 0 radical (unpaired) electrons. The summed E-state index contributed by atoms with van der Waals surface area (Å²) in [6.07, 6.45) is 7.56. The highest BCUT2D eigenvalue weighted by atomic mass is 32.2. The minimum Gasteiger partial charge on any atom is -0.478 e. The molecule has 0 unspecified atom stereocenters. The van der Waals surface area contributed by atoms with Crippen LogP contribution in [-0.4, -0.2) is 44.4 Å². The Labute approximate surface area is 158 Å². The lowest BCUT2D eigenvalue weighted by Gasteiger charge is -2.36. The van der Waals surface area contributed by atoms with E-state index in [1.807, 2.05) is 18.6 Å². The number of hydrogen-bond donors (Lipinski definition) is 3. The number of fused-ring (bicyclic) bond motifs is 1. The Morgan fingerprint density at radius 2 is 1.96 bits per heavy atom. The van der Waals surface area contributed by atoms with Crippen molar-refractivity contribution in [1.29, 1.82) is 0 Å². The van der Waals surface area contributed by atoms with Crippen LogP contribution in [0, 0.1) is 0 Å². The van der Waals surface area contributed by atoms with E-state index < -0.39 is 5.97 Å². The number of rotatable bonds is 6. The summed E-state index contributed by atoms with van der Waals surface area (Å²) < 4.78 is 0.878. The monoisotopic (exact) mass is 387 g/mol. The Kier molecular flexibility index (Phi) is 4.64. The predicted molar refractivity (Wildman–Crippen MR) is 104 cm³/mol. The molecule has 1 fully saturated rings. The highest BCUT2D eigenvalue weighted by Crippen LogP contribution is 2.31. The van der Waals surface area contributed by atoms with Crippen LogP contribution in [0.3, 0.4) is 0 Å². The van der Waals surface area contributed by atoms with Crippen molar-refractivity contribution < 1.29 is 9.90 Å². The second-order valence-electron chi connectivity index (χ2n) is 6.11. The van der Waals surface area contributed by atoms with E-state index in [4.69, 9.17) is 5.11 Å². The molecule has 1 aliphatic carbocycles. The normalized spacial score (nSPS) is 19.1.